The van der Waals surface area contributed by atoms with Crippen molar-refractivity contribution >= 4 is 21.6 Å². The normalized spacial score (nSPS) is 12.1. The minimum absolute atomic E-state index is 0.00803. The second kappa shape index (κ2) is 6.77. The number of hydrogen-bond donors (Lipinski definition) is 3. The molecule has 1 aromatic carbocycles. The average molecular weight is 315 g/mol. The van der Waals surface area contributed by atoms with E-state index in [9.17, 15) is 13.2 Å². The van der Waals surface area contributed by atoms with E-state index in [0.29, 0.717) is 11.4 Å². The Kier molecular flexibility index (Phi) is 5.56. The smallest absolute Gasteiger partial charge is 0.219 e. The standard InChI is InChI=1S/C13H21N3O4S/c1-13(2,9-12(15)17)16-21(18,19)8-7-20-11-5-3-10(14)4-6-11/h3-6,16H,7-9,14H2,1-2H3,(H2,15,17). The molecule has 8 heteroatoms. The molecule has 0 atom stereocenters. The highest BCUT2D eigenvalue weighted by Gasteiger charge is 2.26. The van der Waals surface area contributed by atoms with E-state index in [2.05, 4.69) is 4.72 Å². The molecule has 5 N–H and O–H groups in total. The van der Waals surface area contributed by atoms with Crippen molar-refractivity contribution < 1.29 is 17.9 Å². The molecule has 0 aliphatic heterocycles. The Hall–Kier alpha value is -1.80. The van der Waals surface area contributed by atoms with Crippen molar-refractivity contribution in [3.63, 3.8) is 0 Å². The van der Waals surface area contributed by atoms with Gasteiger partial charge in [0.2, 0.25) is 15.9 Å². The van der Waals surface area contributed by atoms with Crippen LogP contribution in [0, 0.1) is 0 Å². The molecule has 7 nitrogen and oxygen atoms in total. The zero-order valence-corrected chi connectivity index (χ0v) is 12.9. The highest BCUT2D eigenvalue weighted by Crippen LogP contribution is 2.13. The topological polar surface area (TPSA) is 125 Å². The zero-order chi connectivity index (χ0) is 16.1. The maximum absolute atomic E-state index is 11.9. The highest BCUT2D eigenvalue weighted by atomic mass is 32.2. The number of nitrogen functional groups attached to an aromatic ring is 1. The largest absolute Gasteiger partial charge is 0.492 e. The van der Waals surface area contributed by atoms with Crippen molar-refractivity contribution in [3.05, 3.63) is 24.3 Å². The third-order valence-corrected chi connectivity index (χ3v) is 4.12. The maximum atomic E-state index is 11.9. The van der Waals surface area contributed by atoms with Gasteiger partial charge in [0.1, 0.15) is 12.4 Å². The molecule has 0 radical (unpaired) electrons. The van der Waals surface area contributed by atoms with Gasteiger partial charge in [-0.3, -0.25) is 4.79 Å². The van der Waals surface area contributed by atoms with Gasteiger partial charge in [0, 0.05) is 17.6 Å². The Morgan fingerprint density at radius 3 is 2.38 bits per heavy atom. The van der Waals surface area contributed by atoms with Crippen molar-refractivity contribution in [2.45, 2.75) is 25.8 Å². The van der Waals surface area contributed by atoms with Crippen LogP contribution in [0.3, 0.4) is 0 Å². The van der Waals surface area contributed by atoms with Crippen LogP contribution < -0.4 is 20.9 Å². The van der Waals surface area contributed by atoms with Crippen molar-refractivity contribution in [2.24, 2.45) is 5.73 Å². The van der Waals surface area contributed by atoms with Crippen molar-refractivity contribution in [2.75, 3.05) is 18.1 Å². The summed E-state index contributed by atoms with van der Waals surface area (Å²) in [7, 11) is -3.57. The minimum Gasteiger partial charge on any atom is -0.492 e. The molecule has 21 heavy (non-hydrogen) atoms. The lowest BCUT2D eigenvalue weighted by molar-refractivity contribution is -0.119. The number of ether oxygens (including phenoxy) is 1. The SMILES string of the molecule is CC(C)(CC(N)=O)NS(=O)(=O)CCOc1ccc(N)cc1. The number of benzene rings is 1. The molecular weight excluding hydrogens is 294 g/mol. The molecule has 0 aliphatic rings. The average Bonchev–Trinajstić information content (AvgIpc) is 2.28. The van der Waals surface area contributed by atoms with Crippen LogP contribution in [-0.4, -0.2) is 32.2 Å². The highest BCUT2D eigenvalue weighted by molar-refractivity contribution is 7.89. The van der Waals surface area contributed by atoms with Gasteiger partial charge in [-0.2, -0.15) is 0 Å². The predicted octanol–water partition coefficient (Wildman–Crippen LogP) is 0.221. The molecule has 0 saturated carbocycles. The molecule has 0 fully saturated rings. The van der Waals surface area contributed by atoms with Gasteiger partial charge in [-0.15, -0.1) is 0 Å². The Bertz CT molecular complexity index is 582. The summed E-state index contributed by atoms with van der Waals surface area (Å²) >= 11 is 0. The van der Waals surface area contributed by atoms with E-state index in [-0.39, 0.29) is 18.8 Å². The zero-order valence-electron chi connectivity index (χ0n) is 12.1. The van der Waals surface area contributed by atoms with Crippen LogP contribution in [-0.2, 0) is 14.8 Å². The molecule has 0 heterocycles. The Balaban J connectivity index is 2.49. The second-order valence-corrected chi connectivity index (χ2v) is 7.21. The van der Waals surface area contributed by atoms with Gasteiger partial charge < -0.3 is 16.2 Å². The summed E-state index contributed by atoms with van der Waals surface area (Å²) in [6, 6.07) is 6.65. The number of carbonyl (C=O) groups is 1. The number of hydrogen-bond acceptors (Lipinski definition) is 5. The monoisotopic (exact) mass is 315 g/mol. The van der Waals surface area contributed by atoms with E-state index in [1.165, 1.54) is 0 Å². The fourth-order valence-electron chi connectivity index (χ4n) is 1.78. The van der Waals surface area contributed by atoms with Gasteiger partial charge in [-0.25, -0.2) is 13.1 Å². The predicted molar refractivity (Wildman–Crippen MR) is 81.2 cm³/mol. The molecule has 0 bridgehead atoms. The number of nitrogens with one attached hydrogen (secondary N) is 1. The number of anilines is 1. The van der Waals surface area contributed by atoms with Crippen LogP contribution in [0.2, 0.25) is 0 Å². The van der Waals surface area contributed by atoms with Crippen LogP contribution in [0.1, 0.15) is 20.3 Å². The second-order valence-electron chi connectivity index (χ2n) is 5.37. The summed E-state index contributed by atoms with van der Waals surface area (Å²) in [5, 5.41) is 0. The Morgan fingerprint density at radius 2 is 1.86 bits per heavy atom. The maximum Gasteiger partial charge on any atom is 0.219 e. The van der Waals surface area contributed by atoms with Gasteiger partial charge in [-0.05, 0) is 38.1 Å². The van der Waals surface area contributed by atoms with Crippen molar-refractivity contribution in [1.29, 1.82) is 0 Å². The number of amides is 1. The molecule has 0 aromatic heterocycles. The quantitative estimate of drug-likeness (QED) is 0.592. The third-order valence-electron chi connectivity index (χ3n) is 2.55. The van der Waals surface area contributed by atoms with Gasteiger partial charge >= 0.3 is 0 Å². The summed E-state index contributed by atoms with van der Waals surface area (Å²) < 4.78 is 31.6. The van der Waals surface area contributed by atoms with Gasteiger partial charge in [0.15, 0.2) is 0 Å². The summed E-state index contributed by atoms with van der Waals surface area (Å²) in [6.07, 6.45) is -0.0783. The van der Waals surface area contributed by atoms with E-state index in [4.69, 9.17) is 16.2 Å². The lowest BCUT2D eigenvalue weighted by Gasteiger charge is -2.24. The first-order chi connectivity index (χ1) is 9.60. The van der Waals surface area contributed by atoms with Crippen molar-refractivity contribution in [3.8, 4) is 5.75 Å². The third kappa shape index (κ3) is 6.96. The minimum atomic E-state index is -3.57. The molecule has 0 aliphatic carbocycles. The van der Waals surface area contributed by atoms with Crippen LogP contribution in [0.4, 0.5) is 5.69 Å². The first kappa shape index (κ1) is 17.3. The first-order valence-corrected chi connectivity index (χ1v) is 8.03. The number of rotatable bonds is 8. The van der Waals surface area contributed by atoms with E-state index in [1.807, 2.05) is 0 Å². The lowest BCUT2D eigenvalue weighted by Crippen LogP contribution is -2.47. The molecule has 1 rings (SSSR count). The molecule has 0 saturated heterocycles. The summed E-state index contributed by atoms with van der Waals surface area (Å²) in [6.45, 7) is 3.18. The fourth-order valence-corrected chi connectivity index (χ4v) is 3.10. The van der Waals surface area contributed by atoms with Crippen molar-refractivity contribution in [1.82, 2.24) is 4.72 Å². The molecular formula is C13H21N3O4S. The van der Waals surface area contributed by atoms with Gasteiger partial charge in [0.05, 0.1) is 5.75 Å². The summed E-state index contributed by atoms with van der Waals surface area (Å²) in [4.78, 5) is 10.9. The molecule has 118 valence electrons. The number of nitrogens with two attached hydrogens (primary N) is 2. The number of carbonyl (C=O) groups excluding carboxylic acids is 1. The summed E-state index contributed by atoms with van der Waals surface area (Å²) in [5.41, 5.74) is 10.3. The van der Waals surface area contributed by atoms with Gasteiger partial charge in [-0.1, -0.05) is 0 Å². The molecule has 1 aromatic rings. The Labute approximate surface area is 124 Å². The fraction of sp³-hybridized carbons (Fsp3) is 0.462. The van der Waals surface area contributed by atoms with E-state index in [0.717, 1.165) is 0 Å². The van der Waals surface area contributed by atoms with E-state index in [1.54, 1.807) is 38.1 Å². The van der Waals surface area contributed by atoms with Crippen LogP contribution in [0.15, 0.2) is 24.3 Å². The summed E-state index contributed by atoms with van der Waals surface area (Å²) in [5.74, 6) is -0.254. The molecule has 0 unspecified atom stereocenters. The van der Waals surface area contributed by atoms with Crippen LogP contribution in [0.5, 0.6) is 5.75 Å². The van der Waals surface area contributed by atoms with Crippen LogP contribution >= 0.6 is 0 Å². The molecule has 0 spiro atoms. The first-order valence-electron chi connectivity index (χ1n) is 6.38. The van der Waals surface area contributed by atoms with E-state index >= 15 is 0 Å². The number of primary amides is 1. The molecule has 1 amide bonds. The van der Waals surface area contributed by atoms with Gasteiger partial charge in [0.25, 0.3) is 0 Å². The van der Waals surface area contributed by atoms with E-state index < -0.39 is 21.5 Å². The lowest BCUT2D eigenvalue weighted by atomic mass is 10.0. The van der Waals surface area contributed by atoms with Crippen LogP contribution in [0.25, 0.3) is 0 Å². The Morgan fingerprint density at radius 1 is 1.29 bits per heavy atom. The number of sulfonamides is 1.